The summed E-state index contributed by atoms with van der Waals surface area (Å²) in [4.78, 5) is 12.4. The smallest absolute Gasteiger partial charge is 0.237 e. The first-order valence-corrected chi connectivity index (χ1v) is 8.98. The maximum atomic E-state index is 12.4. The molecule has 0 fully saturated rings. The summed E-state index contributed by atoms with van der Waals surface area (Å²) in [7, 11) is 0. The summed E-state index contributed by atoms with van der Waals surface area (Å²) in [6.45, 7) is 4.49. The molecule has 0 aliphatic carbocycles. The van der Waals surface area contributed by atoms with Crippen molar-refractivity contribution in [1.82, 2.24) is 14.8 Å². The molecule has 0 saturated heterocycles. The van der Waals surface area contributed by atoms with Crippen molar-refractivity contribution in [3.8, 4) is 0 Å². The van der Waals surface area contributed by atoms with Gasteiger partial charge in [0.2, 0.25) is 5.91 Å². The van der Waals surface area contributed by atoms with Gasteiger partial charge in [0.25, 0.3) is 0 Å². The van der Waals surface area contributed by atoms with E-state index in [2.05, 4.69) is 27.6 Å². The van der Waals surface area contributed by atoms with Gasteiger partial charge in [-0.15, -0.1) is 10.2 Å². The lowest BCUT2D eigenvalue weighted by Gasteiger charge is -2.13. The molecule has 1 amide bonds. The number of thioether (sulfide) groups is 1. The van der Waals surface area contributed by atoms with Gasteiger partial charge in [0.05, 0.1) is 11.8 Å². The minimum atomic E-state index is -0.279. The molecule has 3 rings (SSSR count). The van der Waals surface area contributed by atoms with Crippen molar-refractivity contribution in [2.45, 2.75) is 30.8 Å². The predicted octanol–water partition coefficient (Wildman–Crippen LogP) is 3.75. The van der Waals surface area contributed by atoms with E-state index in [9.17, 15) is 4.79 Å². The number of anilines is 1. The van der Waals surface area contributed by atoms with Crippen molar-refractivity contribution in [3.63, 3.8) is 0 Å². The van der Waals surface area contributed by atoms with Crippen LogP contribution in [-0.4, -0.2) is 25.9 Å². The predicted molar refractivity (Wildman–Crippen MR) is 101 cm³/mol. The van der Waals surface area contributed by atoms with E-state index in [4.69, 9.17) is 0 Å². The second kappa shape index (κ2) is 7.98. The van der Waals surface area contributed by atoms with Gasteiger partial charge in [-0.05, 0) is 31.5 Å². The Morgan fingerprint density at radius 2 is 1.72 bits per heavy atom. The summed E-state index contributed by atoms with van der Waals surface area (Å²) in [5.41, 5.74) is 1.97. The lowest BCUT2D eigenvalue weighted by atomic mass is 10.2. The lowest BCUT2D eigenvalue weighted by Crippen LogP contribution is -2.23. The monoisotopic (exact) mass is 352 g/mol. The number of hydrogen-bond donors (Lipinski definition) is 1. The van der Waals surface area contributed by atoms with Gasteiger partial charge in [0.15, 0.2) is 5.16 Å². The van der Waals surface area contributed by atoms with Crippen LogP contribution in [0.4, 0.5) is 5.69 Å². The molecule has 1 aromatic heterocycles. The summed E-state index contributed by atoms with van der Waals surface area (Å²) in [6, 6.07) is 19.6. The highest BCUT2D eigenvalue weighted by Gasteiger charge is 2.19. The molecule has 0 radical (unpaired) electrons. The van der Waals surface area contributed by atoms with Crippen LogP contribution in [0.5, 0.6) is 0 Å². The molecule has 25 heavy (non-hydrogen) atoms. The third-order valence-electron chi connectivity index (χ3n) is 3.78. The van der Waals surface area contributed by atoms with E-state index in [1.807, 2.05) is 66.9 Å². The minimum absolute atomic E-state index is 0.0527. The zero-order valence-corrected chi connectivity index (χ0v) is 15.0. The van der Waals surface area contributed by atoms with Crippen LogP contribution in [0.3, 0.4) is 0 Å². The molecule has 1 N–H and O–H groups in total. The second-order valence-electron chi connectivity index (χ2n) is 5.72. The number of benzene rings is 2. The number of carbonyl (C=O) groups excluding carboxylic acids is 1. The number of rotatable bonds is 6. The molecule has 5 nitrogen and oxygen atoms in total. The minimum Gasteiger partial charge on any atom is -0.325 e. The van der Waals surface area contributed by atoms with E-state index < -0.39 is 0 Å². The van der Waals surface area contributed by atoms with E-state index in [1.54, 1.807) is 0 Å². The second-order valence-corrected chi connectivity index (χ2v) is 7.02. The van der Waals surface area contributed by atoms with E-state index >= 15 is 0 Å². The number of hydrogen-bond acceptors (Lipinski definition) is 4. The van der Waals surface area contributed by atoms with Gasteiger partial charge in [-0.3, -0.25) is 4.79 Å². The Bertz CT molecular complexity index is 833. The molecule has 3 aromatic rings. The first-order chi connectivity index (χ1) is 12.1. The molecule has 2 aromatic carbocycles. The van der Waals surface area contributed by atoms with Crippen molar-refractivity contribution in [3.05, 3.63) is 72.1 Å². The summed E-state index contributed by atoms with van der Waals surface area (Å²) in [6.07, 6.45) is 0. The molecule has 6 heteroatoms. The Balaban J connectivity index is 1.69. The van der Waals surface area contributed by atoms with Gasteiger partial charge in [-0.2, -0.15) is 0 Å². The van der Waals surface area contributed by atoms with Crippen molar-refractivity contribution in [1.29, 1.82) is 0 Å². The Morgan fingerprint density at radius 3 is 2.40 bits per heavy atom. The Morgan fingerprint density at radius 1 is 1.08 bits per heavy atom. The third kappa shape index (κ3) is 4.48. The highest BCUT2D eigenvalue weighted by molar-refractivity contribution is 8.00. The number of aromatic nitrogens is 3. The van der Waals surface area contributed by atoms with Gasteiger partial charge >= 0.3 is 0 Å². The molecule has 0 aliphatic heterocycles. The van der Waals surface area contributed by atoms with Crippen molar-refractivity contribution in [2.24, 2.45) is 0 Å². The molecular weight excluding hydrogens is 332 g/mol. The van der Waals surface area contributed by atoms with Crippen molar-refractivity contribution < 1.29 is 4.79 Å². The summed E-state index contributed by atoms with van der Waals surface area (Å²) >= 11 is 1.41. The number of aryl methyl sites for hydroxylation is 1. The van der Waals surface area contributed by atoms with E-state index in [-0.39, 0.29) is 11.2 Å². The molecular formula is C19H20N4OS. The van der Waals surface area contributed by atoms with Crippen molar-refractivity contribution >= 4 is 23.4 Å². The summed E-state index contributed by atoms with van der Waals surface area (Å²) in [5, 5.41) is 11.8. The molecule has 0 saturated carbocycles. The molecule has 1 atom stereocenters. The van der Waals surface area contributed by atoms with Gasteiger partial charge in [-0.25, -0.2) is 0 Å². The standard InChI is InChI=1S/C19H20N4OS/c1-14(18(24)20-17-11-7-4-8-12-17)25-19-22-21-15(2)23(19)13-16-9-5-3-6-10-16/h3-12,14H,13H2,1-2H3,(H,20,24)/t14-/m0/s1. The molecule has 0 unspecified atom stereocenters. The average Bonchev–Trinajstić information content (AvgIpc) is 2.97. The third-order valence-corrected chi connectivity index (χ3v) is 4.86. The topological polar surface area (TPSA) is 59.8 Å². The van der Waals surface area contributed by atoms with Gasteiger partial charge in [0.1, 0.15) is 5.82 Å². The maximum Gasteiger partial charge on any atom is 0.237 e. The number of para-hydroxylation sites is 1. The Kier molecular flexibility index (Phi) is 5.50. The highest BCUT2D eigenvalue weighted by atomic mass is 32.2. The maximum absolute atomic E-state index is 12.4. The van der Waals surface area contributed by atoms with Crippen LogP contribution >= 0.6 is 11.8 Å². The van der Waals surface area contributed by atoms with Crippen LogP contribution in [0.15, 0.2) is 65.8 Å². The zero-order chi connectivity index (χ0) is 17.6. The van der Waals surface area contributed by atoms with Crippen LogP contribution in [0.2, 0.25) is 0 Å². The fourth-order valence-electron chi connectivity index (χ4n) is 2.37. The average molecular weight is 352 g/mol. The molecule has 0 spiro atoms. The highest BCUT2D eigenvalue weighted by Crippen LogP contribution is 2.24. The van der Waals surface area contributed by atoms with Crippen LogP contribution in [0.25, 0.3) is 0 Å². The lowest BCUT2D eigenvalue weighted by molar-refractivity contribution is -0.115. The van der Waals surface area contributed by atoms with E-state index in [0.717, 1.165) is 16.7 Å². The summed E-state index contributed by atoms with van der Waals surface area (Å²) in [5.74, 6) is 0.783. The van der Waals surface area contributed by atoms with Gasteiger partial charge in [-0.1, -0.05) is 60.3 Å². The number of carbonyl (C=O) groups is 1. The summed E-state index contributed by atoms with van der Waals surface area (Å²) < 4.78 is 2.03. The van der Waals surface area contributed by atoms with E-state index in [0.29, 0.717) is 6.54 Å². The Labute approximate surface area is 151 Å². The number of amides is 1. The fraction of sp³-hybridized carbons (Fsp3) is 0.211. The molecule has 0 bridgehead atoms. The quantitative estimate of drug-likeness (QED) is 0.686. The van der Waals surface area contributed by atoms with Crippen LogP contribution in [-0.2, 0) is 11.3 Å². The molecule has 0 aliphatic rings. The largest absolute Gasteiger partial charge is 0.325 e. The van der Waals surface area contributed by atoms with Crippen LogP contribution < -0.4 is 5.32 Å². The fourth-order valence-corrected chi connectivity index (χ4v) is 3.27. The first-order valence-electron chi connectivity index (χ1n) is 8.10. The molecule has 1 heterocycles. The van der Waals surface area contributed by atoms with Crippen LogP contribution in [0.1, 0.15) is 18.3 Å². The normalized spacial score (nSPS) is 11.9. The van der Waals surface area contributed by atoms with E-state index in [1.165, 1.54) is 17.3 Å². The molecule has 128 valence electrons. The van der Waals surface area contributed by atoms with Gasteiger partial charge in [0, 0.05) is 5.69 Å². The Hall–Kier alpha value is -2.60. The first kappa shape index (κ1) is 17.2. The van der Waals surface area contributed by atoms with Crippen LogP contribution in [0, 0.1) is 6.92 Å². The van der Waals surface area contributed by atoms with Gasteiger partial charge < -0.3 is 9.88 Å². The SMILES string of the molecule is Cc1nnc(S[C@@H](C)C(=O)Nc2ccccc2)n1Cc1ccccc1. The van der Waals surface area contributed by atoms with Crippen molar-refractivity contribution in [2.75, 3.05) is 5.32 Å². The number of nitrogens with zero attached hydrogens (tertiary/aromatic N) is 3. The zero-order valence-electron chi connectivity index (χ0n) is 14.2. The number of nitrogens with one attached hydrogen (secondary N) is 1.